The van der Waals surface area contributed by atoms with Crippen LogP contribution in [0.2, 0.25) is 0 Å². The summed E-state index contributed by atoms with van der Waals surface area (Å²) in [7, 11) is 0. The number of halogens is 1. The van der Waals surface area contributed by atoms with E-state index in [1.807, 2.05) is 0 Å². The van der Waals surface area contributed by atoms with Crippen LogP contribution < -0.4 is 0 Å². The second-order valence-electron chi connectivity index (χ2n) is 4.80. The molecule has 0 aromatic carbocycles. The van der Waals surface area contributed by atoms with Crippen LogP contribution in [0.3, 0.4) is 0 Å². The highest BCUT2D eigenvalue weighted by molar-refractivity contribution is 5.83. The Bertz CT molecular complexity index is 312. The van der Waals surface area contributed by atoms with Gasteiger partial charge < -0.3 is 9.84 Å². The molecule has 0 radical (unpaired) electrons. The third kappa shape index (κ3) is 2.43. The van der Waals surface area contributed by atoms with E-state index in [4.69, 9.17) is 9.84 Å². The molecular weight excluding hydrogens is 217 g/mol. The number of carboxylic acids is 1. The number of hydrogen-bond acceptors (Lipinski definition) is 3. The third-order valence-corrected chi connectivity index (χ3v) is 2.26. The van der Waals surface area contributed by atoms with E-state index < -0.39 is 23.5 Å². The molecule has 1 atom stereocenters. The molecule has 0 bridgehead atoms. The van der Waals surface area contributed by atoms with Crippen molar-refractivity contribution in [3.05, 3.63) is 0 Å². The van der Waals surface area contributed by atoms with Gasteiger partial charge in [0.2, 0.25) is 0 Å². The molecule has 0 aromatic heterocycles. The number of carbonyl (C=O) groups is 2. The molecule has 1 aliphatic heterocycles. The van der Waals surface area contributed by atoms with Crippen LogP contribution in [0.5, 0.6) is 0 Å². The molecule has 1 heterocycles. The maximum Gasteiger partial charge on any atom is 0.413 e. The first-order chi connectivity index (χ1) is 7.17. The lowest BCUT2D eigenvalue weighted by atomic mass is 10.2. The number of amides is 1. The van der Waals surface area contributed by atoms with Crippen molar-refractivity contribution in [2.45, 2.75) is 45.0 Å². The molecule has 1 unspecified atom stereocenters. The van der Waals surface area contributed by atoms with Crippen LogP contribution in [0.15, 0.2) is 0 Å². The topological polar surface area (TPSA) is 66.8 Å². The van der Waals surface area contributed by atoms with Gasteiger partial charge in [-0.3, -0.25) is 4.90 Å². The predicted molar refractivity (Wildman–Crippen MR) is 53.6 cm³/mol. The average molecular weight is 233 g/mol. The molecular formula is C10H16FNO4. The number of nitrogens with zero attached hydrogens (tertiary/aromatic N) is 1. The summed E-state index contributed by atoms with van der Waals surface area (Å²) in [5.41, 5.74) is -0.765. The Morgan fingerprint density at radius 1 is 1.44 bits per heavy atom. The number of hydrogen-bond donors (Lipinski definition) is 1. The summed E-state index contributed by atoms with van der Waals surface area (Å²) in [5.74, 6) is -4.27. The van der Waals surface area contributed by atoms with Crippen molar-refractivity contribution in [1.29, 1.82) is 0 Å². The first-order valence-electron chi connectivity index (χ1n) is 5.10. The summed E-state index contributed by atoms with van der Waals surface area (Å²) in [6.45, 7) is 4.99. The fraction of sp³-hybridized carbons (Fsp3) is 0.800. The third-order valence-electron chi connectivity index (χ3n) is 2.26. The molecule has 0 saturated carbocycles. The normalized spacial score (nSPS) is 25.6. The lowest BCUT2D eigenvalue weighted by Crippen LogP contribution is -2.51. The quantitative estimate of drug-likeness (QED) is 0.701. The van der Waals surface area contributed by atoms with Crippen molar-refractivity contribution < 1.29 is 23.8 Å². The van der Waals surface area contributed by atoms with Crippen LogP contribution in [-0.4, -0.2) is 40.0 Å². The van der Waals surface area contributed by atoms with Gasteiger partial charge in [-0.05, 0) is 27.2 Å². The number of alkyl halides is 1. The Balaban J connectivity index is 2.80. The number of rotatable bonds is 1. The van der Waals surface area contributed by atoms with Crippen molar-refractivity contribution in [2.24, 2.45) is 0 Å². The van der Waals surface area contributed by atoms with Gasteiger partial charge in [0, 0.05) is 13.0 Å². The number of carbonyl (C=O) groups excluding carboxylic acids is 1. The number of ether oxygens (including phenoxy) is 1. The Hall–Kier alpha value is -1.33. The Morgan fingerprint density at radius 2 is 2.00 bits per heavy atom. The van der Waals surface area contributed by atoms with Gasteiger partial charge in [-0.25, -0.2) is 14.0 Å². The van der Waals surface area contributed by atoms with E-state index >= 15 is 0 Å². The average Bonchev–Trinajstić information content (AvgIpc) is 2.45. The highest BCUT2D eigenvalue weighted by atomic mass is 19.1. The molecule has 1 rings (SSSR count). The lowest BCUT2D eigenvalue weighted by molar-refractivity contribution is -0.161. The van der Waals surface area contributed by atoms with Crippen molar-refractivity contribution in [3.63, 3.8) is 0 Å². The fourth-order valence-electron chi connectivity index (χ4n) is 1.56. The van der Waals surface area contributed by atoms with Crippen molar-refractivity contribution >= 4 is 12.1 Å². The number of likely N-dealkylation sites (tertiary alicyclic amines) is 1. The summed E-state index contributed by atoms with van der Waals surface area (Å²) in [6.07, 6.45) is -0.793. The largest absolute Gasteiger partial charge is 0.477 e. The standard InChI is InChI=1S/C10H16FNO4/c1-9(2,3)16-8(15)12-6-4-5-10(12,11)7(13)14/h4-6H2,1-3H3,(H,13,14). The molecule has 6 heteroatoms. The van der Waals surface area contributed by atoms with Crippen LogP contribution in [0, 0.1) is 0 Å². The molecule has 1 aliphatic rings. The zero-order valence-electron chi connectivity index (χ0n) is 9.62. The van der Waals surface area contributed by atoms with Gasteiger partial charge in [0.25, 0.3) is 5.79 Å². The molecule has 1 fully saturated rings. The van der Waals surface area contributed by atoms with E-state index in [1.54, 1.807) is 20.8 Å². The van der Waals surface area contributed by atoms with Gasteiger partial charge in [-0.1, -0.05) is 0 Å². The first-order valence-corrected chi connectivity index (χ1v) is 5.10. The highest BCUT2D eigenvalue weighted by Crippen LogP contribution is 2.32. The SMILES string of the molecule is CC(C)(C)OC(=O)N1CCCC1(F)C(=O)O. The summed E-state index contributed by atoms with van der Waals surface area (Å²) >= 11 is 0. The monoisotopic (exact) mass is 233 g/mol. The van der Waals surface area contributed by atoms with Crippen molar-refractivity contribution in [2.75, 3.05) is 6.54 Å². The maximum atomic E-state index is 14.0. The predicted octanol–water partition coefficient (Wildman–Crippen LogP) is 1.77. The minimum absolute atomic E-state index is 0.0672. The number of aliphatic carboxylic acids is 1. The smallest absolute Gasteiger partial charge is 0.413 e. The van der Waals surface area contributed by atoms with Gasteiger partial charge in [-0.2, -0.15) is 0 Å². The lowest BCUT2D eigenvalue weighted by Gasteiger charge is -2.30. The molecule has 16 heavy (non-hydrogen) atoms. The molecule has 1 amide bonds. The van der Waals surface area contributed by atoms with Gasteiger partial charge in [-0.15, -0.1) is 0 Å². The van der Waals surface area contributed by atoms with E-state index in [2.05, 4.69) is 0 Å². The van der Waals surface area contributed by atoms with Crippen molar-refractivity contribution in [1.82, 2.24) is 4.90 Å². The van der Waals surface area contributed by atoms with E-state index in [9.17, 15) is 14.0 Å². The van der Waals surface area contributed by atoms with Gasteiger partial charge in [0.05, 0.1) is 0 Å². The van der Waals surface area contributed by atoms with E-state index in [1.165, 1.54) is 0 Å². The van der Waals surface area contributed by atoms with Crippen molar-refractivity contribution in [3.8, 4) is 0 Å². The first kappa shape index (κ1) is 12.7. The minimum atomic E-state index is -2.62. The van der Waals surface area contributed by atoms with Crippen LogP contribution >= 0.6 is 0 Å². The summed E-state index contributed by atoms with van der Waals surface area (Å²) in [6, 6.07) is 0. The van der Waals surface area contributed by atoms with Gasteiger partial charge >= 0.3 is 12.1 Å². The molecule has 0 aliphatic carbocycles. The van der Waals surface area contributed by atoms with Crippen LogP contribution in [0.4, 0.5) is 9.18 Å². The highest BCUT2D eigenvalue weighted by Gasteiger charge is 2.52. The molecule has 5 nitrogen and oxygen atoms in total. The Labute approximate surface area is 93.2 Å². The second-order valence-corrected chi connectivity index (χ2v) is 4.80. The van der Waals surface area contributed by atoms with E-state index in [-0.39, 0.29) is 13.0 Å². The zero-order valence-corrected chi connectivity index (χ0v) is 9.62. The van der Waals surface area contributed by atoms with Crippen LogP contribution in [0.1, 0.15) is 33.6 Å². The molecule has 92 valence electrons. The molecule has 1 saturated heterocycles. The van der Waals surface area contributed by atoms with E-state index in [0.717, 1.165) is 0 Å². The second kappa shape index (κ2) is 3.92. The van der Waals surface area contributed by atoms with E-state index in [0.29, 0.717) is 11.3 Å². The van der Waals surface area contributed by atoms with Crippen LogP contribution in [0.25, 0.3) is 0 Å². The minimum Gasteiger partial charge on any atom is -0.477 e. The summed E-state index contributed by atoms with van der Waals surface area (Å²) in [5, 5.41) is 8.77. The Kier molecular flexibility index (Phi) is 3.12. The van der Waals surface area contributed by atoms with Crippen LogP contribution in [-0.2, 0) is 9.53 Å². The molecule has 1 N–H and O–H groups in total. The number of carboxylic acid groups (broad SMARTS) is 1. The zero-order chi connectivity index (χ0) is 12.6. The van der Waals surface area contributed by atoms with Gasteiger partial charge in [0.15, 0.2) is 0 Å². The van der Waals surface area contributed by atoms with Gasteiger partial charge in [0.1, 0.15) is 5.60 Å². The fourth-order valence-corrected chi connectivity index (χ4v) is 1.56. The molecule has 0 spiro atoms. The molecule has 0 aromatic rings. The Morgan fingerprint density at radius 3 is 2.44 bits per heavy atom. The summed E-state index contributed by atoms with van der Waals surface area (Å²) < 4.78 is 18.9. The maximum absolute atomic E-state index is 14.0. The summed E-state index contributed by atoms with van der Waals surface area (Å²) in [4.78, 5) is 23.0.